The van der Waals surface area contributed by atoms with Crippen LogP contribution in [0.25, 0.3) is 0 Å². The van der Waals surface area contributed by atoms with Gasteiger partial charge in [0, 0.05) is 18.6 Å². The fourth-order valence-corrected chi connectivity index (χ4v) is 1.53. The molecule has 0 bridgehead atoms. The minimum absolute atomic E-state index is 0.0850. The van der Waals surface area contributed by atoms with Crippen LogP contribution in [0.3, 0.4) is 0 Å². The molecular weight excluding hydrogens is 182 g/mol. The fourth-order valence-electron chi connectivity index (χ4n) is 1.53. The van der Waals surface area contributed by atoms with E-state index in [1.807, 2.05) is 13.7 Å². The van der Waals surface area contributed by atoms with Gasteiger partial charge in [-0.15, -0.1) is 0 Å². The molecule has 82 valence electrons. The van der Waals surface area contributed by atoms with Gasteiger partial charge in [0.1, 0.15) is 6.79 Å². The van der Waals surface area contributed by atoms with Crippen LogP contribution in [-0.2, 0) is 4.79 Å². The summed E-state index contributed by atoms with van der Waals surface area (Å²) in [7, 11) is 2.09. The van der Waals surface area contributed by atoms with Crippen LogP contribution in [-0.4, -0.2) is 43.4 Å². The highest BCUT2D eigenvalue weighted by Crippen LogP contribution is 2.20. The number of nitrogens with zero attached hydrogens (tertiary/aromatic N) is 1. The summed E-state index contributed by atoms with van der Waals surface area (Å²) in [5, 5.41) is 2.79. The first kappa shape index (κ1) is 12.9. The molecule has 0 radical (unpaired) electrons. The van der Waals surface area contributed by atoms with Crippen LogP contribution < -0.4 is 11.1 Å². The number of rotatable bonds is 1. The Labute approximate surface area is 84.6 Å². The molecule has 0 spiro atoms. The van der Waals surface area contributed by atoms with Crippen molar-refractivity contribution in [2.24, 2.45) is 5.73 Å². The first-order valence-corrected chi connectivity index (χ1v) is 4.57. The van der Waals surface area contributed by atoms with E-state index in [2.05, 4.69) is 17.3 Å². The maximum atomic E-state index is 10.7. The van der Waals surface area contributed by atoms with Gasteiger partial charge in [-0.1, -0.05) is 0 Å². The third kappa shape index (κ3) is 4.23. The quantitative estimate of drug-likeness (QED) is 0.624. The number of piperidine rings is 1. The zero-order chi connectivity index (χ0) is 11.2. The van der Waals surface area contributed by atoms with Crippen LogP contribution in [0.4, 0.5) is 4.79 Å². The average molecular weight is 201 g/mol. The normalized spacial score (nSPS) is 20.4. The molecule has 3 N–H and O–H groups in total. The highest BCUT2D eigenvalue weighted by Gasteiger charge is 2.29. The van der Waals surface area contributed by atoms with Crippen LogP contribution in [0.2, 0.25) is 0 Å². The molecule has 14 heavy (non-hydrogen) atoms. The Balaban J connectivity index is 0.000000791. The Kier molecular flexibility index (Phi) is 5.15. The van der Waals surface area contributed by atoms with Crippen LogP contribution in [0.15, 0.2) is 0 Å². The molecule has 5 nitrogen and oxygen atoms in total. The molecule has 0 aliphatic carbocycles. The number of likely N-dealkylation sites (tertiary alicyclic amines) is 1. The van der Waals surface area contributed by atoms with Gasteiger partial charge in [0.15, 0.2) is 0 Å². The van der Waals surface area contributed by atoms with Gasteiger partial charge in [-0.25, -0.2) is 4.79 Å². The summed E-state index contributed by atoms with van der Waals surface area (Å²) < 4.78 is 0. The van der Waals surface area contributed by atoms with Crippen molar-refractivity contribution in [1.82, 2.24) is 10.2 Å². The summed E-state index contributed by atoms with van der Waals surface area (Å²) in [4.78, 5) is 20.9. The number of amides is 2. The molecule has 1 rings (SSSR count). The second-order valence-corrected chi connectivity index (χ2v) is 3.85. The van der Waals surface area contributed by atoms with E-state index in [4.69, 9.17) is 10.5 Å². The maximum Gasteiger partial charge on any atom is 0.312 e. The number of urea groups is 1. The monoisotopic (exact) mass is 201 g/mol. The first-order valence-electron chi connectivity index (χ1n) is 4.57. The summed E-state index contributed by atoms with van der Waals surface area (Å²) in [6.07, 6.45) is 1.96. The van der Waals surface area contributed by atoms with Gasteiger partial charge in [-0.2, -0.15) is 0 Å². The SMILES string of the molecule is C=O.CN1CCC(C)(NC(N)=O)CC1. The molecule has 1 aliphatic heterocycles. The maximum absolute atomic E-state index is 10.7. The average Bonchev–Trinajstić information content (AvgIpc) is 2.13. The van der Waals surface area contributed by atoms with Crippen LogP contribution in [0.5, 0.6) is 0 Å². The molecular formula is C9H19N3O2. The van der Waals surface area contributed by atoms with E-state index >= 15 is 0 Å². The van der Waals surface area contributed by atoms with Crippen LogP contribution in [0, 0.1) is 0 Å². The van der Waals surface area contributed by atoms with E-state index in [1.54, 1.807) is 0 Å². The topological polar surface area (TPSA) is 75.4 Å². The fraction of sp³-hybridized carbons (Fsp3) is 0.778. The minimum Gasteiger partial charge on any atom is -0.352 e. The summed E-state index contributed by atoms with van der Waals surface area (Å²) in [5.74, 6) is 0. The van der Waals surface area contributed by atoms with E-state index in [0.29, 0.717) is 0 Å². The van der Waals surface area contributed by atoms with E-state index in [1.165, 1.54) is 0 Å². The molecule has 5 heteroatoms. The van der Waals surface area contributed by atoms with Gasteiger partial charge in [-0.05, 0) is 26.8 Å². The summed E-state index contributed by atoms with van der Waals surface area (Å²) >= 11 is 0. The van der Waals surface area contributed by atoms with Gasteiger partial charge in [0.25, 0.3) is 0 Å². The lowest BCUT2D eigenvalue weighted by molar-refractivity contribution is -0.0979. The number of primary amides is 1. The first-order chi connectivity index (χ1) is 6.52. The lowest BCUT2D eigenvalue weighted by Crippen LogP contribution is -2.54. The Bertz CT molecular complexity index is 188. The lowest BCUT2D eigenvalue weighted by Gasteiger charge is -2.37. The van der Waals surface area contributed by atoms with E-state index in [0.717, 1.165) is 25.9 Å². The van der Waals surface area contributed by atoms with Gasteiger partial charge in [-0.3, -0.25) is 0 Å². The predicted octanol–water partition coefficient (Wildman–Crippen LogP) is -0.0459. The second kappa shape index (κ2) is 5.59. The molecule has 1 aliphatic rings. The molecule has 0 unspecified atom stereocenters. The van der Waals surface area contributed by atoms with Crippen molar-refractivity contribution in [2.45, 2.75) is 25.3 Å². The Hall–Kier alpha value is -1.10. The largest absolute Gasteiger partial charge is 0.352 e. The Morgan fingerprint density at radius 3 is 2.21 bits per heavy atom. The zero-order valence-corrected chi connectivity index (χ0v) is 8.88. The van der Waals surface area contributed by atoms with Crippen LogP contribution in [0.1, 0.15) is 19.8 Å². The van der Waals surface area contributed by atoms with E-state index in [9.17, 15) is 4.79 Å². The number of carbonyl (C=O) groups excluding carboxylic acids is 2. The molecule has 0 aromatic heterocycles. The summed E-state index contributed by atoms with van der Waals surface area (Å²) in [6.45, 7) is 6.10. The Morgan fingerprint density at radius 1 is 1.43 bits per heavy atom. The third-order valence-electron chi connectivity index (χ3n) is 2.52. The second-order valence-electron chi connectivity index (χ2n) is 3.85. The van der Waals surface area contributed by atoms with Gasteiger partial charge >= 0.3 is 6.03 Å². The van der Waals surface area contributed by atoms with Gasteiger partial charge in [0.05, 0.1) is 0 Å². The summed E-state index contributed by atoms with van der Waals surface area (Å²) in [6, 6.07) is -0.415. The minimum atomic E-state index is -0.415. The van der Waals surface area contributed by atoms with Crippen molar-refractivity contribution in [3.05, 3.63) is 0 Å². The third-order valence-corrected chi connectivity index (χ3v) is 2.52. The van der Waals surface area contributed by atoms with Crippen molar-refractivity contribution in [1.29, 1.82) is 0 Å². The van der Waals surface area contributed by atoms with Crippen molar-refractivity contribution < 1.29 is 9.59 Å². The van der Waals surface area contributed by atoms with Crippen molar-refractivity contribution >= 4 is 12.8 Å². The smallest absolute Gasteiger partial charge is 0.312 e. The van der Waals surface area contributed by atoms with E-state index in [-0.39, 0.29) is 5.54 Å². The van der Waals surface area contributed by atoms with E-state index < -0.39 is 6.03 Å². The molecule has 1 heterocycles. The number of carbonyl (C=O) groups is 2. The molecule has 0 aromatic rings. The molecule has 1 saturated heterocycles. The van der Waals surface area contributed by atoms with Crippen molar-refractivity contribution in [3.8, 4) is 0 Å². The van der Waals surface area contributed by atoms with Crippen molar-refractivity contribution in [2.75, 3.05) is 20.1 Å². The van der Waals surface area contributed by atoms with Crippen molar-refractivity contribution in [3.63, 3.8) is 0 Å². The standard InChI is InChI=1S/C8H17N3O.CH2O/c1-8(10-7(9)12)3-5-11(2)6-4-8;1-2/h3-6H2,1-2H3,(H3,9,10,12);1H2. The molecule has 0 aromatic carbocycles. The Morgan fingerprint density at radius 2 is 1.86 bits per heavy atom. The lowest BCUT2D eigenvalue weighted by atomic mass is 9.90. The zero-order valence-electron chi connectivity index (χ0n) is 8.88. The highest BCUT2D eigenvalue weighted by atomic mass is 16.2. The number of nitrogens with one attached hydrogen (secondary N) is 1. The van der Waals surface area contributed by atoms with Gasteiger partial charge in [0.2, 0.25) is 0 Å². The predicted molar refractivity (Wildman–Crippen MR) is 55.0 cm³/mol. The van der Waals surface area contributed by atoms with Gasteiger partial charge < -0.3 is 20.7 Å². The summed E-state index contributed by atoms with van der Waals surface area (Å²) in [5.41, 5.74) is 4.99. The molecule has 1 fully saturated rings. The number of hydrogen-bond donors (Lipinski definition) is 2. The van der Waals surface area contributed by atoms with Crippen LogP contribution >= 0.6 is 0 Å². The molecule has 0 saturated carbocycles. The number of hydrogen-bond acceptors (Lipinski definition) is 3. The molecule has 2 amide bonds. The molecule has 0 atom stereocenters. The highest BCUT2D eigenvalue weighted by molar-refractivity contribution is 5.72. The number of nitrogens with two attached hydrogens (primary N) is 1.